The molecule has 92 valence electrons. The largest absolute Gasteiger partial charge is 0.393 e. The highest BCUT2D eigenvalue weighted by molar-refractivity contribution is 5.94. The van der Waals surface area contributed by atoms with Crippen LogP contribution in [0.2, 0.25) is 0 Å². The molecule has 1 N–H and O–H groups in total. The number of rotatable bonds is 2. The second-order valence-corrected chi connectivity index (χ2v) is 4.73. The Balaban J connectivity index is 2.07. The number of aliphatic hydroxyl groups excluding tert-OH is 1. The Hall–Kier alpha value is -1.42. The number of nitrogens with zero attached hydrogens (tertiary/aromatic N) is 2. The van der Waals surface area contributed by atoms with E-state index in [1.54, 1.807) is 25.3 Å². The van der Waals surface area contributed by atoms with Gasteiger partial charge in [0.1, 0.15) is 0 Å². The van der Waals surface area contributed by atoms with Gasteiger partial charge >= 0.3 is 0 Å². The molecule has 1 saturated heterocycles. The van der Waals surface area contributed by atoms with Gasteiger partial charge in [-0.3, -0.25) is 9.78 Å². The summed E-state index contributed by atoms with van der Waals surface area (Å²) in [5.41, 5.74) is 1.53. The number of aryl methyl sites for hydroxylation is 1. The van der Waals surface area contributed by atoms with Crippen LogP contribution in [0.5, 0.6) is 0 Å². The molecule has 2 rings (SSSR count). The number of aliphatic hydroxyl groups is 1. The van der Waals surface area contributed by atoms with E-state index in [0.717, 1.165) is 18.7 Å². The minimum Gasteiger partial charge on any atom is -0.393 e. The Morgan fingerprint density at radius 3 is 3.00 bits per heavy atom. The van der Waals surface area contributed by atoms with Crippen LogP contribution in [0.1, 0.15) is 29.4 Å². The highest BCUT2D eigenvalue weighted by atomic mass is 16.3. The van der Waals surface area contributed by atoms with Gasteiger partial charge in [0.15, 0.2) is 0 Å². The lowest BCUT2D eigenvalue weighted by molar-refractivity contribution is 0.0762. The van der Waals surface area contributed by atoms with E-state index in [2.05, 4.69) is 4.98 Å². The zero-order valence-corrected chi connectivity index (χ0v) is 10.3. The summed E-state index contributed by atoms with van der Waals surface area (Å²) in [6.07, 6.45) is 2.20. The summed E-state index contributed by atoms with van der Waals surface area (Å²) in [6.45, 7) is 5.04. The molecular weight excluding hydrogens is 216 g/mol. The van der Waals surface area contributed by atoms with Gasteiger partial charge in [0.2, 0.25) is 0 Å². The third kappa shape index (κ3) is 2.64. The number of aromatic nitrogens is 1. The van der Waals surface area contributed by atoms with E-state index in [1.807, 2.05) is 11.8 Å². The molecule has 2 atom stereocenters. The van der Waals surface area contributed by atoms with Gasteiger partial charge in [-0.1, -0.05) is 0 Å². The van der Waals surface area contributed by atoms with Crippen LogP contribution in [0.15, 0.2) is 18.3 Å². The van der Waals surface area contributed by atoms with Crippen molar-refractivity contribution >= 4 is 5.91 Å². The molecule has 4 heteroatoms. The standard InChI is InChI=1S/C13H18N2O2/c1-9-7-11(3-5-14-9)13(17)15-6-4-12(8-15)10(2)16/h3,5,7,10,12,16H,4,6,8H2,1-2H3. The van der Waals surface area contributed by atoms with Gasteiger partial charge in [0.25, 0.3) is 5.91 Å². The Kier molecular flexibility index (Phi) is 3.43. The van der Waals surface area contributed by atoms with E-state index in [0.29, 0.717) is 12.1 Å². The maximum atomic E-state index is 12.2. The number of amides is 1. The SMILES string of the molecule is Cc1cc(C(=O)N2CCC(C(C)O)C2)ccn1. The smallest absolute Gasteiger partial charge is 0.253 e. The first-order valence-electron chi connectivity index (χ1n) is 5.98. The van der Waals surface area contributed by atoms with Gasteiger partial charge < -0.3 is 10.0 Å². The molecule has 2 heterocycles. The third-order valence-corrected chi connectivity index (χ3v) is 3.34. The molecule has 1 aliphatic rings. The quantitative estimate of drug-likeness (QED) is 0.837. The molecule has 1 aliphatic heterocycles. The Morgan fingerprint density at radius 1 is 1.65 bits per heavy atom. The second kappa shape index (κ2) is 4.84. The van der Waals surface area contributed by atoms with Crippen molar-refractivity contribution in [3.63, 3.8) is 0 Å². The predicted octanol–water partition coefficient (Wildman–Crippen LogP) is 1.23. The van der Waals surface area contributed by atoms with Crippen molar-refractivity contribution in [3.05, 3.63) is 29.6 Å². The topological polar surface area (TPSA) is 53.4 Å². The fraction of sp³-hybridized carbons (Fsp3) is 0.538. The molecule has 0 radical (unpaired) electrons. The van der Waals surface area contributed by atoms with Crippen LogP contribution in [0.3, 0.4) is 0 Å². The summed E-state index contributed by atoms with van der Waals surface area (Å²) < 4.78 is 0. The second-order valence-electron chi connectivity index (χ2n) is 4.73. The van der Waals surface area contributed by atoms with Gasteiger partial charge in [0, 0.05) is 36.5 Å². The van der Waals surface area contributed by atoms with E-state index >= 15 is 0 Å². The number of hydrogen-bond donors (Lipinski definition) is 1. The molecule has 1 aromatic heterocycles. The van der Waals surface area contributed by atoms with Crippen molar-refractivity contribution in [3.8, 4) is 0 Å². The molecule has 0 saturated carbocycles. The third-order valence-electron chi connectivity index (χ3n) is 3.34. The predicted molar refractivity (Wildman–Crippen MR) is 64.7 cm³/mol. The van der Waals surface area contributed by atoms with E-state index in [4.69, 9.17) is 0 Å². The molecular formula is C13H18N2O2. The Bertz CT molecular complexity index is 418. The minimum atomic E-state index is -0.341. The summed E-state index contributed by atoms with van der Waals surface area (Å²) >= 11 is 0. The molecule has 0 aromatic carbocycles. The molecule has 4 nitrogen and oxygen atoms in total. The Labute approximate surface area is 101 Å². The normalized spacial score (nSPS) is 21.6. The maximum absolute atomic E-state index is 12.2. The first-order chi connectivity index (χ1) is 8.08. The molecule has 1 amide bonds. The van der Waals surface area contributed by atoms with E-state index in [1.165, 1.54) is 0 Å². The summed E-state index contributed by atoms with van der Waals surface area (Å²) in [5, 5.41) is 9.52. The van der Waals surface area contributed by atoms with Crippen LogP contribution >= 0.6 is 0 Å². The summed E-state index contributed by atoms with van der Waals surface area (Å²) in [4.78, 5) is 18.1. The molecule has 17 heavy (non-hydrogen) atoms. The van der Waals surface area contributed by atoms with Crippen molar-refractivity contribution < 1.29 is 9.90 Å². The van der Waals surface area contributed by atoms with Crippen molar-refractivity contribution in [2.24, 2.45) is 5.92 Å². The number of carbonyl (C=O) groups is 1. The monoisotopic (exact) mass is 234 g/mol. The highest BCUT2D eigenvalue weighted by Gasteiger charge is 2.29. The average molecular weight is 234 g/mol. The summed E-state index contributed by atoms with van der Waals surface area (Å²) in [7, 11) is 0. The van der Waals surface area contributed by atoms with Gasteiger partial charge in [-0.05, 0) is 32.4 Å². The minimum absolute atomic E-state index is 0.0404. The lowest BCUT2D eigenvalue weighted by atomic mass is 10.0. The van der Waals surface area contributed by atoms with Crippen LogP contribution < -0.4 is 0 Å². The molecule has 2 unspecified atom stereocenters. The molecule has 0 aliphatic carbocycles. The van der Waals surface area contributed by atoms with Crippen molar-refractivity contribution in [1.29, 1.82) is 0 Å². The average Bonchev–Trinajstić information content (AvgIpc) is 2.77. The Morgan fingerprint density at radius 2 is 2.41 bits per heavy atom. The van der Waals surface area contributed by atoms with Crippen molar-refractivity contribution in [1.82, 2.24) is 9.88 Å². The molecule has 1 fully saturated rings. The lowest BCUT2D eigenvalue weighted by Gasteiger charge is -2.17. The van der Waals surface area contributed by atoms with Gasteiger partial charge in [-0.25, -0.2) is 0 Å². The highest BCUT2D eigenvalue weighted by Crippen LogP contribution is 2.21. The van der Waals surface area contributed by atoms with Gasteiger partial charge in [0.05, 0.1) is 6.10 Å². The number of likely N-dealkylation sites (tertiary alicyclic amines) is 1. The number of carbonyl (C=O) groups excluding carboxylic acids is 1. The zero-order valence-electron chi connectivity index (χ0n) is 10.3. The first-order valence-corrected chi connectivity index (χ1v) is 5.98. The fourth-order valence-electron chi connectivity index (χ4n) is 2.23. The van der Waals surface area contributed by atoms with Crippen LogP contribution in [0.4, 0.5) is 0 Å². The molecule has 0 spiro atoms. The van der Waals surface area contributed by atoms with E-state index in [-0.39, 0.29) is 17.9 Å². The first kappa shape index (κ1) is 12.0. The van der Waals surface area contributed by atoms with Crippen LogP contribution in [0.25, 0.3) is 0 Å². The van der Waals surface area contributed by atoms with Crippen LogP contribution in [0, 0.1) is 12.8 Å². The van der Waals surface area contributed by atoms with Crippen molar-refractivity contribution in [2.75, 3.05) is 13.1 Å². The van der Waals surface area contributed by atoms with Gasteiger partial charge in [-0.15, -0.1) is 0 Å². The molecule has 0 bridgehead atoms. The summed E-state index contributed by atoms with van der Waals surface area (Å²) in [5.74, 6) is 0.250. The summed E-state index contributed by atoms with van der Waals surface area (Å²) in [6, 6.07) is 3.54. The van der Waals surface area contributed by atoms with Crippen LogP contribution in [-0.4, -0.2) is 40.1 Å². The van der Waals surface area contributed by atoms with E-state index in [9.17, 15) is 9.90 Å². The van der Waals surface area contributed by atoms with Crippen molar-refractivity contribution in [2.45, 2.75) is 26.4 Å². The van der Waals surface area contributed by atoms with Crippen LogP contribution in [-0.2, 0) is 0 Å². The number of hydrogen-bond acceptors (Lipinski definition) is 3. The van der Waals surface area contributed by atoms with E-state index < -0.39 is 0 Å². The lowest BCUT2D eigenvalue weighted by Crippen LogP contribution is -2.30. The number of pyridine rings is 1. The van der Waals surface area contributed by atoms with Gasteiger partial charge in [-0.2, -0.15) is 0 Å². The molecule has 1 aromatic rings. The fourth-order valence-corrected chi connectivity index (χ4v) is 2.23. The maximum Gasteiger partial charge on any atom is 0.253 e. The zero-order chi connectivity index (χ0) is 12.4.